The molecule has 0 N–H and O–H groups in total. The molecule has 0 aromatic heterocycles. The van der Waals surface area contributed by atoms with Crippen molar-refractivity contribution in [1.29, 1.82) is 0 Å². The second kappa shape index (κ2) is 2.67. The van der Waals surface area contributed by atoms with E-state index in [0.717, 1.165) is 5.54 Å². The number of hydrogen-bond donors (Lipinski definition) is 0. The maximum absolute atomic E-state index is 2.46. The van der Waals surface area contributed by atoms with E-state index in [9.17, 15) is 0 Å². The Balaban J connectivity index is 3.71. The maximum atomic E-state index is 2.46. The monoisotopic (exact) mass is 130 g/mol. The summed E-state index contributed by atoms with van der Waals surface area (Å²) in [6.45, 7) is 11.9. The zero-order valence-corrected chi connectivity index (χ0v) is 7.78. The molecule has 0 unspecified atom stereocenters. The van der Waals surface area contributed by atoms with Crippen LogP contribution in [0, 0.1) is 0 Å². The van der Waals surface area contributed by atoms with Gasteiger partial charge in [-0.25, -0.2) is 0 Å². The van der Waals surface area contributed by atoms with Gasteiger partial charge in [0.15, 0.2) is 0 Å². The number of hydrogen-bond acceptors (Lipinski definition) is 0. The van der Waals surface area contributed by atoms with Crippen LogP contribution >= 0.6 is 0 Å². The Kier molecular flexibility index (Phi) is 2.74. The lowest BCUT2D eigenvalue weighted by molar-refractivity contribution is 0.991. The molecular formula is C7H18Si. The van der Waals surface area contributed by atoms with Crippen LogP contribution in [0.25, 0.3) is 0 Å². The summed E-state index contributed by atoms with van der Waals surface area (Å²) in [7, 11) is -0.755. The first-order chi connectivity index (χ1) is 3.50. The standard InChI is InChI=1S/C7H18Si/c1-6-8(4,5)7(2)3/h7H,6H2,1-5H3. The van der Waals surface area contributed by atoms with E-state index in [4.69, 9.17) is 0 Å². The lowest BCUT2D eigenvalue weighted by Crippen LogP contribution is -2.27. The van der Waals surface area contributed by atoms with Gasteiger partial charge in [-0.1, -0.05) is 45.5 Å². The zero-order valence-electron chi connectivity index (χ0n) is 6.78. The summed E-state index contributed by atoms with van der Waals surface area (Å²) in [5, 5.41) is 0. The minimum atomic E-state index is -0.755. The van der Waals surface area contributed by atoms with Gasteiger partial charge in [0.1, 0.15) is 0 Å². The van der Waals surface area contributed by atoms with E-state index in [1.54, 1.807) is 0 Å². The molecule has 0 amide bonds. The molecule has 0 aliphatic heterocycles. The van der Waals surface area contributed by atoms with Gasteiger partial charge in [0.2, 0.25) is 0 Å². The summed E-state index contributed by atoms with van der Waals surface area (Å²) in [6.07, 6.45) is 0. The molecule has 1 heteroatoms. The van der Waals surface area contributed by atoms with Gasteiger partial charge in [0.25, 0.3) is 0 Å². The van der Waals surface area contributed by atoms with Crippen LogP contribution in [-0.4, -0.2) is 8.07 Å². The van der Waals surface area contributed by atoms with E-state index < -0.39 is 8.07 Å². The van der Waals surface area contributed by atoms with Crippen LogP contribution in [0.1, 0.15) is 20.8 Å². The normalized spacial score (nSPS) is 12.8. The first-order valence-electron chi connectivity index (χ1n) is 3.50. The molecular weight excluding hydrogens is 112 g/mol. The van der Waals surface area contributed by atoms with Crippen molar-refractivity contribution in [2.24, 2.45) is 0 Å². The van der Waals surface area contributed by atoms with Gasteiger partial charge >= 0.3 is 0 Å². The van der Waals surface area contributed by atoms with E-state index in [2.05, 4.69) is 33.9 Å². The molecule has 0 saturated carbocycles. The quantitative estimate of drug-likeness (QED) is 0.504. The van der Waals surface area contributed by atoms with Crippen LogP contribution in [0.5, 0.6) is 0 Å². The van der Waals surface area contributed by atoms with Gasteiger partial charge in [-0.15, -0.1) is 0 Å². The SMILES string of the molecule is CC[Si](C)(C)C(C)C. The van der Waals surface area contributed by atoms with Crippen molar-refractivity contribution in [2.45, 2.75) is 45.5 Å². The molecule has 0 nitrogen and oxygen atoms in total. The first kappa shape index (κ1) is 8.22. The van der Waals surface area contributed by atoms with E-state index in [0.29, 0.717) is 0 Å². The van der Waals surface area contributed by atoms with Crippen LogP contribution in [-0.2, 0) is 0 Å². The predicted molar refractivity (Wildman–Crippen MR) is 43.1 cm³/mol. The average Bonchev–Trinajstić information content (AvgIpc) is 1.67. The molecule has 8 heavy (non-hydrogen) atoms. The topological polar surface area (TPSA) is 0 Å². The highest BCUT2D eigenvalue weighted by molar-refractivity contribution is 6.78. The Bertz CT molecular complexity index is 64.8. The van der Waals surface area contributed by atoms with Crippen LogP contribution < -0.4 is 0 Å². The Hall–Kier alpha value is 0.217. The molecule has 0 bridgehead atoms. The van der Waals surface area contributed by atoms with Crippen molar-refractivity contribution in [3.8, 4) is 0 Å². The Labute approximate surface area is 54.3 Å². The van der Waals surface area contributed by atoms with Crippen molar-refractivity contribution >= 4 is 8.07 Å². The van der Waals surface area contributed by atoms with Gasteiger partial charge in [-0.2, -0.15) is 0 Å². The second-order valence-electron chi connectivity index (χ2n) is 3.50. The summed E-state index contributed by atoms with van der Waals surface area (Å²) in [5.74, 6) is 0. The molecule has 50 valence electrons. The maximum Gasteiger partial charge on any atom is 0.0496 e. The highest BCUT2D eigenvalue weighted by atomic mass is 28.3. The third kappa shape index (κ3) is 1.99. The van der Waals surface area contributed by atoms with E-state index in [1.165, 1.54) is 6.04 Å². The van der Waals surface area contributed by atoms with E-state index in [-0.39, 0.29) is 0 Å². The highest BCUT2D eigenvalue weighted by Crippen LogP contribution is 2.23. The van der Waals surface area contributed by atoms with Crippen LogP contribution in [0.4, 0.5) is 0 Å². The van der Waals surface area contributed by atoms with Gasteiger partial charge in [0.05, 0.1) is 0 Å². The minimum Gasteiger partial charge on any atom is -0.0692 e. The van der Waals surface area contributed by atoms with Crippen molar-refractivity contribution in [1.82, 2.24) is 0 Å². The summed E-state index contributed by atoms with van der Waals surface area (Å²) in [4.78, 5) is 0. The number of rotatable bonds is 2. The molecule has 0 heterocycles. The summed E-state index contributed by atoms with van der Waals surface area (Å²) >= 11 is 0. The van der Waals surface area contributed by atoms with Gasteiger partial charge in [-0.3, -0.25) is 0 Å². The summed E-state index contributed by atoms with van der Waals surface area (Å²) in [5.41, 5.74) is 0.951. The second-order valence-corrected chi connectivity index (χ2v) is 9.34. The molecule has 0 aromatic carbocycles. The Morgan fingerprint density at radius 3 is 1.62 bits per heavy atom. The van der Waals surface area contributed by atoms with Crippen molar-refractivity contribution in [3.63, 3.8) is 0 Å². The largest absolute Gasteiger partial charge is 0.0692 e. The van der Waals surface area contributed by atoms with Crippen LogP contribution in [0.3, 0.4) is 0 Å². The Morgan fingerprint density at radius 1 is 1.25 bits per heavy atom. The molecule has 0 saturated heterocycles. The lowest BCUT2D eigenvalue weighted by Gasteiger charge is -2.24. The van der Waals surface area contributed by atoms with Crippen LogP contribution in [0.15, 0.2) is 0 Å². The van der Waals surface area contributed by atoms with E-state index >= 15 is 0 Å². The molecule has 0 spiro atoms. The van der Waals surface area contributed by atoms with Crippen LogP contribution in [0.2, 0.25) is 24.7 Å². The Morgan fingerprint density at radius 2 is 1.62 bits per heavy atom. The molecule has 0 atom stereocenters. The zero-order chi connectivity index (χ0) is 6.78. The molecule has 0 rings (SSSR count). The first-order valence-corrected chi connectivity index (χ1v) is 6.79. The van der Waals surface area contributed by atoms with E-state index in [1.807, 2.05) is 0 Å². The molecule has 0 aliphatic rings. The van der Waals surface area contributed by atoms with Gasteiger partial charge in [0, 0.05) is 8.07 Å². The van der Waals surface area contributed by atoms with Gasteiger partial charge < -0.3 is 0 Å². The summed E-state index contributed by atoms with van der Waals surface area (Å²) < 4.78 is 0. The predicted octanol–water partition coefficient (Wildman–Crippen LogP) is 3.12. The molecule has 0 radical (unpaired) electrons. The summed E-state index contributed by atoms with van der Waals surface area (Å²) in [6, 6.07) is 1.42. The average molecular weight is 130 g/mol. The van der Waals surface area contributed by atoms with Crippen molar-refractivity contribution < 1.29 is 0 Å². The van der Waals surface area contributed by atoms with Crippen molar-refractivity contribution in [3.05, 3.63) is 0 Å². The fraction of sp³-hybridized carbons (Fsp3) is 1.00. The highest BCUT2D eigenvalue weighted by Gasteiger charge is 2.21. The molecule has 0 aromatic rings. The molecule has 0 fully saturated rings. The fourth-order valence-corrected chi connectivity index (χ4v) is 1.22. The molecule has 0 aliphatic carbocycles. The third-order valence-corrected chi connectivity index (χ3v) is 7.42. The third-order valence-electron chi connectivity index (χ3n) is 2.47. The van der Waals surface area contributed by atoms with Crippen molar-refractivity contribution in [2.75, 3.05) is 0 Å². The van der Waals surface area contributed by atoms with Gasteiger partial charge in [-0.05, 0) is 0 Å². The smallest absolute Gasteiger partial charge is 0.0496 e. The lowest BCUT2D eigenvalue weighted by atomic mass is 10.6. The fourth-order valence-electron chi connectivity index (χ4n) is 0.408. The minimum absolute atomic E-state index is 0.755.